The lowest BCUT2D eigenvalue weighted by Crippen LogP contribution is -2.53. The van der Waals surface area contributed by atoms with Gasteiger partial charge in [0.2, 0.25) is 0 Å². The van der Waals surface area contributed by atoms with Crippen LogP contribution in [-0.4, -0.2) is 31.7 Å². The molecular weight excluding hydrogens is 204 g/mol. The third-order valence-electron chi connectivity index (χ3n) is 1.90. The molecule has 5 nitrogen and oxygen atoms in total. The number of aliphatic hydroxyl groups excluding tert-OH is 1. The van der Waals surface area contributed by atoms with Crippen molar-refractivity contribution in [1.82, 2.24) is 9.44 Å². The Hall–Kier alpha value is -0.170. The van der Waals surface area contributed by atoms with Crippen LogP contribution in [0, 0.1) is 0 Å². The van der Waals surface area contributed by atoms with E-state index in [0.717, 1.165) is 0 Å². The third kappa shape index (κ3) is 4.90. The van der Waals surface area contributed by atoms with Crippen molar-refractivity contribution in [2.45, 2.75) is 45.7 Å². The summed E-state index contributed by atoms with van der Waals surface area (Å²) in [6.45, 7) is 6.73. The van der Waals surface area contributed by atoms with Gasteiger partial charge in [-0.3, -0.25) is 0 Å². The zero-order chi connectivity index (χ0) is 11.4. The van der Waals surface area contributed by atoms with Crippen LogP contribution in [-0.2, 0) is 10.2 Å². The maximum atomic E-state index is 11.4. The van der Waals surface area contributed by atoms with Crippen LogP contribution in [0.5, 0.6) is 0 Å². The van der Waals surface area contributed by atoms with E-state index in [-0.39, 0.29) is 12.6 Å². The normalized spacial score (nSPS) is 17.0. The van der Waals surface area contributed by atoms with Crippen molar-refractivity contribution in [2.24, 2.45) is 0 Å². The number of hydrogen-bond donors (Lipinski definition) is 3. The van der Waals surface area contributed by atoms with E-state index in [1.54, 1.807) is 20.8 Å². The fraction of sp³-hybridized carbons (Fsp3) is 1.00. The van der Waals surface area contributed by atoms with E-state index in [4.69, 9.17) is 5.11 Å². The summed E-state index contributed by atoms with van der Waals surface area (Å²) in [6.07, 6.45) is 0.530. The molecule has 0 spiro atoms. The van der Waals surface area contributed by atoms with Crippen molar-refractivity contribution < 1.29 is 13.5 Å². The highest BCUT2D eigenvalue weighted by Crippen LogP contribution is 2.08. The summed E-state index contributed by atoms with van der Waals surface area (Å²) in [7, 11) is -3.52. The first kappa shape index (κ1) is 13.8. The van der Waals surface area contributed by atoms with Gasteiger partial charge in [-0.25, -0.2) is 0 Å². The Balaban J connectivity index is 4.49. The molecule has 3 N–H and O–H groups in total. The van der Waals surface area contributed by atoms with Crippen LogP contribution >= 0.6 is 0 Å². The monoisotopic (exact) mass is 224 g/mol. The van der Waals surface area contributed by atoms with Crippen LogP contribution in [0.3, 0.4) is 0 Å². The number of rotatable bonds is 6. The predicted octanol–water partition coefficient (Wildman–Crippen LogP) is -0.0202. The molecule has 0 aromatic rings. The van der Waals surface area contributed by atoms with E-state index in [2.05, 4.69) is 9.44 Å². The van der Waals surface area contributed by atoms with Crippen LogP contribution < -0.4 is 9.44 Å². The minimum Gasteiger partial charge on any atom is -0.394 e. The lowest BCUT2D eigenvalue weighted by Gasteiger charge is -2.27. The summed E-state index contributed by atoms with van der Waals surface area (Å²) in [5.74, 6) is 0. The largest absolute Gasteiger partial charge is 0.394 e. The molecule has 0 aliphatic heterocycles. The Kier molecular flexibility index (Phi) is 5.00. The molecule has 14 heavy (non-hydrogen) atoms. The van der Waals surface area contributed by atoms with Crippen molar-refractivity contribution in [3.63, 3.8) is 0 Å². The summed E-state index contributed by atoms with van der Waals surface area (Å²) in [5.41, 5.74) is -0.791. The number of nitrogens with one attached hydrogen (secondary N) is 2. The van der Waals surface area contributed by atoms with Gasteiger partial charge in [0.15, 0.2) is 0 Å². The molecule has 0 aliphatic carbocycles. The van der Waals surface area contributed by atoms with E-state index >= 15 is 0 Å². The molecule has 6 heteroatoms. The smallest absolute Gasteiger partial charge is 0.277 e. The Morgan fingerprint density at radius 3 is 2.21 bits per heavy atom. The van der Waals surface area contributed by atoms with Gasteiger partial charge >= 0.3 is 0 Å². The average Bonchev–Trinajstić information content (AvgIpc) is 2.01. The van der Waals surface area contributed by atoms with Crippen LogP contribution in [0.15, 0.2) is 0 Å². The van der Waals surface area contributed by atoms with Gasteiger partial charge in [0.05, 0.1) is 12.1 Å². The van der Waals surface area contributed by atoms with Crippen molar-refractivity contribution in [1.29, 1.82) is 0 Å². The van der Waals surface area contributed by atoms with Gasteiger partial charge in [-0.05, 0) is 27.2 Å². The summed E-state index contributed by atoms with van der Waals surface area (Å²) >= 11 is 0. The standard InChI is InChI=1S/C8H20N2O3S/c1-5-8(4,6-11)10-14(12,13)9-7(2)3/h7,9-11H,5-6H2,1-4H3. The summed E-state index contributed by atoms with van der Waals surface area (Å²) in [4.78, 5) is 0. The summed E-state index contributed by atoms with van der Waals surface area (Å²) in [6, 6.07) is -0.160. The molecule has 0 aromatic heterocycles. The predicted molar refractivity (Wildman–Crippen MR) is 56.1 cm³/mol. The Morgan fingerprint density at radius 2 is 1.93 bits per heavy atom. The van der Waals surface area contributed by atoms with E-state index < -0.39 is 15.7 Å². The van der Waals surface area contributed by atoms with Crippen LogP contribution in [0.2, 0.25) is 0 Å². The Bertz CT molecular complexity index is 258. The van der Waals surface area contributed by atoms with Gasteiger partial charge in [0, 0.05) is 6.04 Å². The van der Waals surface area contributed by atoms with Gasteiger partial charge in [0.25, 0.3) is 10.2 Å². The molecule has 0 saturated heterocycles. The first-order valence-corrected chi connectivity index (χ1v) is 6.15. The molecule has 0 fully saturated rings. The molecule has 0 aromatic carbocycles. The minimum atomic E-state index is -3.52. The average molecular weight is 224 g/mol. The number of hydrogen-bond acceptors (Lipinski definition) is 3. The molecule has 0 radical (unpaired) electrons. The van der Waals surface area contributed by atoms with E-state index in [1.807, 2.05) is 6.92 Å². The fourth-order valence-corrected chi connectivity index (χ4v) is 2.42. The number of aliphatic hydroxyl groups is 1. The minimum absolute atomic E-state index is 0.160. The molecule has 1 atom stereocenters. The zero-order valence-corrected chi connectivity index (χ0v) is 9.98. The van der Waals surface area contributed by atoms with E-state index in [0.29, 0.717) is 6.42 Å². The first-order valence-electron chi connectivity index (χ1n) is 4.67. The van der Waals surface area contributed by atoms with Crippen LogP contribution in [0.4, 0.5) is 0 Å². The summed E-state index contributed by atoms with van der Waals surface area (Å²) < 4.78 is 27.7. The highest BCUT2D eigenvalue weighted by molar-refractivity contribution is 7.87. The molecule has 0 heterocycles. The SMILES string of the molecule is CCC(C)(CO)NS(=O)(=O)NC(C)C. The van der Waals surface area contributed by atoms with Crippen molar-refractivity contribution >= 4 is 10.2 Å². The molecule has 0 bridgehead atoms. The summed E-state index contributed by atoms with van der Waals surface area (Å²) in [5, 5.41) is 9.03. The maximum Gasteiger partial charge on any atom is 0.277 e. The fourth-order valence-electron chi connectivity index (χ4n) is 0.880. The second kappa shape index (κ2) is 5.06. The molecule has 0 aliphatic rings. The van der Waals surface area contributed by atoms with Gasteiger partial charge in [-0.15, -0.1) is 0 Å². The highest BCUT2D eigenvalue weighted by Gasteiger charge is 2.27. The van der Waals surface area contributed by atoms with Gasteiger partial charge in [0.1, 0.15) is 0 Å². The molecule has 1 unspecified atom stereocenters. The van der Waals surface area contributed by atoms with Crippen LogP contribution in [0.25, 0.3) is 0 Å². The van der Waals surface area contributed by atoms with Crippen molar-refractivity contribution in [2.75, 3.05) is 6.61 Å². The molecule has 0 saturated carbocycles. The Labute approximate surface area is 86.1 Å². The molecule has 0 rings (SSSR count). The lowest BCUT2D eigenvalue weighted by molar-refractivity contribution is 0.190. The van der Waals surface area contributed by atoms with Gasteiger partial charge in [-0.1, -0.05) is 6.92 Å². The van der Waals surface area contributed by atoms with Gasteiger partial charge < -0.3 is 5.11 Å². The zero-order valence-electron chi connectivity index (χ0n) is 9.16. The quantitative estimate of drug-likeness (QED) is 0.593. The van der Waals surface area contributed by atoms with Crippen molar-refractivity contribution in [3.8, 4) is 0 Å². The second-order valence-corrected chi connectivity index (χ2v) is 5.40. The topological polar surface area (TPSA) is 78.4 Å². The Morgan fingerprint density at radius 1 is 1.43 bits per heavy atom. The molecular formula is C8H20N2O3S. The first-order chi connectivity index (χ1) is 6.24. The van der Waals surface area contributed by atoms with E-state index in [9.17, 15) is 8.42 Å². The third-order valence-corrected chi connectivity index (χ3v) is 3.44. The van der Waals surface area contributed by atoms with Gasteiger partial charge in [-0.2, -0.15) is 17.9 Å². The maximum absolute atomic E-state index is 11.4. The molecule has 86 valence electrons. The highest BCUT2D eigenvalue weighted by atomic mass is 32.2. The van der Waals surface area contributed by atoms with E-state index in [1.165, 1.54) is 0 Å². The molecule has 0 amide bonds. The van der Waals surface area contributed by atoms with Crippen molar-refractivity contribution in [3.05, 3.63) is 0 Å². The van der Waals surface area contributed by atoms with Crippen LogP contribution in [0.1, 0.15) is 34.1 Å². The second-order valence-electron chi connectivity index (χ2n) is 3.95. The lowest BCUT2D eigenvalue weighted by atomic mass is 10.0.